The van der Waals surface area contributed by atoms with Gasteiger partial charge in [-0.3, -0.25) is 14.5 Å². The van der Waals surface area contributed by atoms with Crippen molar-refractivity contribution < 1.29 is 14.6 Å². The molecule has 5 rings (SSSR count). The van der Waals surface area contributed by atoms with Gasteiger partial charge in [-0.15, -0.1) is 0 Å². The first-order chi connectivity index (χ1) is 15.1. The van der Waals surface area contributed by atoms with Gasteiger partial charge in [0.05, 0.1) is 23.6 Å². The minimum Gasteiger partial charge on any atom is -0.487 e. The highest BCUT2D eigenvalue weighted by molar-refractivity contribution is 6.01. The SMILES string of the molecule is Cn1cc(-c2ccc(CN3Cc4cccc(O[C@@H]5CCCC[C@H]5O)c4C3=O)cn2)cn1. The smallest absolute Gasteiger partial charge is 0.258 e. The van der Waals surface area contributed by atoms with Crippen LogP contribution in [-0.4, -0.2) is 42.9 Å². The van der Waals surface area contributed by atoms with Crippen molar-refractivity contribution in [3.63, 3.8) is 0 Å². The van der Waals surface area contributed by atoms with Crippen LogP contribution in [0.25, 0.3) is 11.3 Å². The quantitative estimate of drug-likeness (QED) is 0.688. The molecule has 7 heteroatoms. The summed E-state index contributed by atoms with van der Waals surface area (Å²) in [7, 11) is 1.88. The van der Waals surface area contributed by atoms with Gasteiger partial charge in [0.15, 0.2) is 0 Å². The van der Waals surface area contributed by atoms with Crippen LogP contribution in [0.3, 0.4) is 0 Å². The second kappa shape index (κ2) is 8.15. The number of aromatic nitrogens is 3. The van der Waals surface area contributed by atoms with Crippen LogP contribution in [0.5, 0.6) is 5.75 Å². The molecule has 31 heavy (non-hydrogen) atoms. The minimum atomic E-state index is -0.471. The lowest BCUT2D eigenvalue weighted by Gasteiger charge is -2.28. The molecule has 1 aromatic carbocycles. The lowest BCUT2D eigenvalue weighted by Crippen LogP contribution is -2.35. The zero-order valence-electron chi connectivity index (χ0n) is 17.6. The average molecular weight is 418 g/mol. The second-order valence-corrected chi connectivity index (χ2v) is 8.41. The molecule has 1 aliphatic heterocycles. The summed E-state index contributed by atoms with van der Waals surface area (Å²) >= 11 is 0. The fourth-order valence-electron chi connectivity index (χ4n) is 4.45. The predicted octanol–water partition coefficient (Wildman–Crippen LogP) is 3.32. The van der Waals surface area contributed by atoms with Gasteiger partial charge in [-0.1, -0.05) is 24.6 Å². The number of aliphatic hydroxyl groups excluding tert-OH is 1. The van der Waals surface area contributed by atoms with Gasteiger partial charge in [0.2, 0.25) is 0 Å². The van der Waals surface area contributed by atoms with Crippen LogP contribution >= 0.6 is 0 Å². The maximum absolute atomic E-state index is 13.2. The van der Waals surface area contributed by atoms with Crippen LogP contribution < -0.4 is 4.74 Å². The zero-order chi connectivity index (χ0) is 21.4. The summed E-state index contributed by atoms with van der Waals surface area (Å²) in [4.78, 5) is 19.5. The van der Waals surface area contributed by atoms with Crippen LogP contribution in [0.1, 0.15) is 47.2 Å². The van der Waals surface area contributed by atoms with Crippen LogP contribution in [0.4, 0.5) is 0 Å². The van der Waals surface area contributed by atoms with E-state index in [9.17, 15) is 9.90 Å². The first-order valence-corrected chi connectivity index (χ1v) is 10.8. The van der Waals surface area contributed by atoms with Gasteiger partial charge in [-0.05, 0) is 42.5 Å². The number of carbonyl (C=O) groups is 1. The third-order valence-electron chi connectivity index (χ3n) is 6.12. The van der Waals surface area contributed by atoms with Gasteiger partial charge < -0.3 is 14.7 Å². The molecule has 1 aliphatic carbocycles. The number of aryl methyl sites for hydroxylation is 1. The highest BCUT2D eigenvalue weighted by Gasteiger charge is 2.33. The van der Waals surface area contributed by atoms with E-state index in [2.05, 4.69) is 10.1 Å². The van der Waals surface area contributed by atoms with Crippen LogP contribution in [0, 0.1) is 0 Å². The Hall–Kier alpha value is -3.19. The molecule has 7 nitrogen and oxygen atoms in total. The van der Waals surface area contributed by atoms with Gasteiger partial charge >= 0.3 is 0 Å². The molecule has 0 unspecified atom stereocenters. The van der Waals surface area contributed by atoms with Gasteiger partial charge in [0.1, 0.15) is 11.9 Å². The van der Waals surface area contributed by atoms with Crippen LogP contribution in [-0.2, 0) is 20.1 Å². The van der Waals surface area contributed by atoms with E-state index in [-0.39, 0.29) is 12.0 Å². The van der Waals surface area contributed by atoms with E-state index in [1.54, 1.807) is 10.9 Å². The van der Waals surface area contributed by atoms with E-state index in [1.165, 1.54) is 0 Å². The Morgan fingerprint density at radius 1 is 1.16 bits per heavy atom. The predicted molar refractivity (Wildman–Crippen MR) is 115 cm³/mol. The molecule has 2 aromatic heterocycles. The van der Waals surface area contributed by atoms with Crippen molar-refractivity contribution >= 4 is 5.91 Å². The van der Waals surface area contributed by atoms with E-state index in [4.69, 9.17) is 4.74 Å². The van der Waals surface area contributed by atoms with Gasteiger partial charge in [-0.25, -0.2) is 0 Å². The molecule has 1 fully saturated rings. The number of pyridine rings is 1. The van der Waals surface area contributed by atoms with Crippen molar-refractivity contribution in [2.24, 2.45) is 7.05 Å². The molecular formula is C24H26N4O3. The molecule has 1 N–H and O–H groups in total. The lowest BCUT2D eigenvalue weighted by atomic mass is 9.94. The molecular weight excluding hydrogens is 392 g/mol. The molecule has 0 bridgehead atoms. The summed E-state index contributed by atoms with van der Waals surface area (Å²) in [6, 6.07) is 9.69. The monoisotopic (exact) mass is 418 g/mol. The Kier molecular flexibility index (Phi) is 5.19. The van der Waals surface area contributed by atoms with E-state index >= 15 is 0 Å². The summed E-state index contributed by atoms with van der Waals surface area (Å²) < 4.78 is 7.88. The standard InChI is InChI=1S/C24H26N4O3/c1-27-14-18(12-26-27)19-10-9-16(11-25-19)13-28-15-17-5-4-8-22(23(17)24(28)30)31-21-7-3-2-6-20(21)29/h4-5,8-12,14,20-21,29H,2-3,6-7,13,15H2,1H3/t20-,21-/m1/s1. The van der Waals surface area contributed by atoms with Crippen molar-refractivity contribution in [2.75, 3.05) is 0 Å². The van der Waals surface area contributed by atoms with Crippen LogP contribution in [0.2, 0.25) is 0 Å². The fraction of sp³-hybridized carbons (Fsp3) is 0.375. The number of aliphatic hydroxyl groups is 1. The molecule has 2 atom stereocenters. The minimum absolute atomic E-state index is 0.0350. The number of benzene rings is 1. The number of amides is 1. The van der Waals surface area contributed by atoms with Crippen molar-refractivity contribution in [3.05, 3.63) is 65.6 Å². The van der Waals surface area contributed by atoms with Crippen molar-refractivity contribution in [1.82, 2.24) is 19.7 Å². The Morgan fingerprint density at radius 2 is 2.03 bits per heavy atom. The molecule has 0 spiro atoms. The molecule has 0 radical (unpaired) electrons. The van der Waals surface area contributed by atoms with Crippen molar-refractivity contribution in [1.29, 1.82) is 0 Å². The van der Waals surface area contributed by atoms with Crippen LogP contribution in [0.15, 0.2) is 48.9 Å². The zero-order valence-corrected chi connectivity index (χ0v) is 17.6. The third-order valence-corrected chi connectivity index (χ3v) is 6.12. The number of hydrogen-bond donors (Lipinski definition) is 1. The second-order valence-electron chi connectivity index (χ2n) is 8.41. The highest BCUT2D eigenvalue weighted by Crippen LogP contribution is 2.34. The summed E-state index contributed by atoms with van der Waals surface area (Å²) in [6.07, 6.45) is 8.44. The third kappa shape index (κ3) is 3.93. The Bertz CT molecular complexity index is 1090. The van der Waals surface area contributed by atoms with Crippen molar-refractivity contribution in [2.45, 2.75) is 51.0 Å². The molecule has 160 valence electrons. The summed E-state index contributed by atoms with van der Waals surface area (Å²) in [6.45, 7) is 1.03. The van der Waals surface area contributed by atoms with E-state index in [0.717, 1.165) is 48.1 Å². The topological polar surface area (TPSA) is 80.5 Å². The maximum Gasteiger partial charge on any atom is 0.258 e. The summed E-state index contributed by atoms with van der Waals surface area (Å²) in [5.41, 5.74) is 4.38. The number of ether oxygens (including phenoxy) is 1. The number of carbonyl (C=O) groups excluding carboxylic acids is 1. The highest BCUT2D eigenvalue weighted by atomic mass is 16.5. The molecule has 3 heterocycles. The van der Waals surface area contributed by atoms with Crippen molar-refractivity contribution in [3.8, 4) is 17.0 Å². The Morgan fingerprint density at radius 3 is 2.77 bits per heavy atom. The first kappa shape index (κ1) is 19.8. The van der Waals surface area contributed by atoms with E-state index in [0.29, 0.717) is 24.4 Å². The lowest BCUT2D eigenvalue weighted by molar-refractivity contribution is 0.00636. The Labute approximate surface area is 181 Å². The molecule has 1 amide bonds. The number of rotatable bonds is 5. The first-order valence-electron chi connectivity index (χ1n) is 10.8. The maximum atomic E-state index is 13.2. The Balaban J connectivity index is 1.31. The van der Waals surface area contributed by atoms with E-state index in [1.807, 2.05) is 54.7 Å². The largest absolute Gasteiger partial charge is 0.487 e. The van der Waals surface area contributed by atoms with Gasteiger partial charge in [0.25, 0.3) is 5.91 Å². The molecule has 0 saturated heterocycles. The molecule has 3 aromatic rings. The normalized spacial score (nSPS) is 20.7. The fourth-order valence-corrected chi connectivity index (χ4v) is 4.45. The van der Waals surface area contributed by atoms with Gasteiger partial charge in [-0.2, -0.15) is 5.10 Å². The van der Waals surface area contributed by atoms with E-state index < -0.39 is 6.10 Å². The number of fused-ring (bicyclic) bond motifs is 1. The number of nitrogens with zero attached hydrogens (tertiary/aromatic N) is 4. The number of hydrogen-bond acceptors (Lipinski definition) is 5. The van der Waals surface area contributed by atoms with Gasteiger partial charge in [0, 0.05) is 38.1 Å². The molecule has 1 saturated carbocycles. The molecule has 2 aliphatic rings. The average Bonchev–Trinajstić information content (AvgIpc) is 3.34. The summed E-state index contributed by atoms with van der Waals surface area (Å²) in [5, 5.41) is 14.4. The summed E-state index contributed by atoms with van der Waals surface area (Å²) in [5.74, 6) is 0.549.